The van der Waals surface area contributed by atoms with E-state index in [0.717, 1.165) is 17.1 Å². The molecule has 218 valence electrons. The number of thiazole rings is 1. The predicted molar refractivity (Wildman–Crippen MR) is 173 cm³/mol. The molecule has 0 saturated heterocycles. The number of carbonyl (C=O) groups is 1. The van der Waals surface area contributed by atoms with Crippen LogP contribution in [0.2, 0.25) is 0 Å². The van der Waals surface area contributed by atoms with Crippen molar-refractivity contribution in [2.75, 3.05) is 18.3 Å². The molecule has 0 amide bonds. The maximum absolute atomic E-state index is 14.0. The van der Waals surface area contributed by atoms with Crippen molar-refractivity contribution in [3.05, 3.63) is 106 Å². The van der Waals surface area contributed by atoms with Crippen LogP contribution in [0.3, 0.4) is 0 Å². The van der Waals surface area contributed by atoms with E-state index >= 15 is 0 Å². The summed E-state index contributed by atoms with van der Waals surface area (Å²) in [5.74, 6) is 0.683. The van der Waals surface area contributed by atoms with E-state index in [1.807, 2.05) is 38.1 Å². The van der Waals surface area contributed by atoms with Crippen molar-refractivity contribution in [1.82, 2.24) is 4.57 Å². The van der Waals surface area contributed by atoms with Gasteiger partial charge < -0.3 is 19.1 Å². The Labute approximate surface area is 262 Å². The quantitative estimate of drug-likeness (QED) is 0.232. The number of nitrogens with zero attached hydrogens (tertiary/aromatic N) is 3. The minimum atomic E-state index is -0.724. The lowest BCUT2D eigenvalue weighted by Gasteiger charge is -2.26. The van der Waals surface area contributed by atoms with Gasteiger partial charge in [-0.3, -0.25) is 9.36 Å². The van der Waals surface area contributed by atoms with Crippen LogP contribution in [0.5, 0.6) is 11.5 Å². The first-order valence-electron chi connectivity index (χ1n) is 13.6. The highest BCUT2D eigenvalue weighted by atomic mass is 127. The monoisotopic (exact) mass is 697 g/mol. The smallest absolute Gasteiger partial charge is 0.338 e. The lowest BCUT2D eigenvalue weighted by Crippen LogP contribution is -2.39. The Morgan fingerprint density at radius 3 is 2.64 bits per heavy atom. The van der Waals surface area contributed by atoms with Gasteiger partial charge in [0.25, 0.3) is 5.56 Å². The van der Waals surface area contributed by atoms with E-state index in [0.29, 0.717) is 37.7 Å². The summed E-state index contributed by atoms with van der Waals surface area (Å²) < 4.78 is 19.7. The molecule has 0 unspecified atom stereocenters. The number of esters is 1. The standard InChI is InChI=1S/C32H32IN3O5S/c1-7-19(4)35(23-12-9-18(3)24(33)16-23)20(5)10-14-27-30(37)36-29(22-11-13-25-26(15-22)41-17-40-25)28(31(38)39-8-2)21(6)34-32(36)42-27/h7,9-16,29H,8,17H2,1-6H3/b19-7-,20-10+,27-14-/t29-/m0/s1. The predicted octanol–water partition coefficient (Wildman–Crippen LogP) is 5.73. The van der Waals surface area contributed by atoms with Crippen LogP contribution in [0, 0.1) is 10.5 Å². The fourth-order valence-electron chi connectivity index (χ4n) is 5.01. The van der Waals surface area contributed by atoms with Gasteiger partial charge in [-0.1, -0.05) is 29.5 Å². The number of hydrogen-bond donors (Lipinski definition) is 0. The number of carbonyl (C=O) groups excluding carboxylic acids is 1. The van der Waals surface area contributed by atoms with Crippen molar-refractivity contribution in [3.8, 4) is 11.5 Å². The third-order valence-electron chi connectivity index (χ3n) is 7.24. The number of fused-ring (bicyclic) bond motifs is 2. The number of allylic oxidation sites excluding steroid dienone is 5. The number of hydrogen-bond acceptors (Lipinski definition) is 8. The second-order valence-electron chi connectivity index (χ2n) is 9.94. The molecule has 0 saturated carbocycles. The number of rotatable bonds is 7. The third-order valence-corrected chi connectivity index (χ3v) is 9.41. The number of ether oxygens (including phenoxy) is 3. The zero-order valence-corrected chi connectivity index (χ0v) is 27.3. The van der Waals surface area contributed by atoms with Gasteiger partial charge in [-0.2, -0.15) is 0 Å². The van der Waals surface area contributed by atoms with E-state index in [-0.39, 0.29) is 19.0 Å². The third kappa shape index (κ3) is 5.57. The van der Waals surface area contributed by atoms with Gasteiger partial charge in [0.15, 0.2) is 16.3 Å². The lowest BCUT2D eigenvalue weighted by molar-refractivity contribution is -0.139. The number of aromatic nitrogens is 1. The molecule has 1 atom stereocenters. The SMILES string of the molecule is C/C=C(/C)N(/C(C)=C/C=c1\sc2n(c1=O)[C@@H](c1ccc3c(c1)OCO3)C(C(=O)OCC)=C(C)N=2)c1ccc(C)c(I)c1. The number of benzene rings is 2. The van der Waals surface area contributed by atoms with Crippen molar-refractivity contribution in [1.29, 1.82) is 0 Å². The average Bonchev–Trinajstić information content (AvgIpc) is 3.56. The highest BCUT2D eigenvalue weighted by molar-refractivity contribution is 14.1. The van der Waals surface area contributed by atoms with Crippen molar-refractivity contribution >= 4 is 51.7 Å². The minimum absolute atomic E-state index is 0.123. The summed E-state index contributed by atoms with van der Waals surface area (Å²) in [5, 5.41) is 0. The maximum Gasteiger partial charge on any atom is 0.338 e. The molecule has 0 radical (unpaired) electrons. The second kappa shape index (κ2) is 12.3. The molecule has 0 N–H and O–H groups in total. The Bertz CT molecular complexity index is 1850. The summed E-state index contributed by atoms with van der Waals surface area (Å²) >= 11 is 3.64. The van der Waals surface area contributed by atoms with E-state index in [9.17, 15) is 9.59 Å². The van der Waals surface area contributed by atoms with Crippen molar-refractivity contribution < 1.29 is 19.0 Å². The van der Waals surface area contributed by atoms with Crippen LogP contribution in [0.1, 0.15) is 51.8 Å². The van der Waals surface area contributed by atoms with Crippen molar-refractivity contribution in [2.45, 2.75) is 47.6 Å². The van der Waals surface area contributed by atoms with Crippen LogP contribution in [0.25, 0.3) is 6.08 Å². The van der Waals surface area contributed by atoms with Crippen LogP contribution in [-0.2, 0) is 9.53 Å². The van der Waals surface area contributed by atoms with E-state index in [1.165, 1.54) is 20.5 Å². The van der Waals surface area contributed by atoms with Crippen molar-refractivity contribution in [3.63, 3.8) is 0 Å². The Kier molecular flexibility index (Phi) is 8.74. The van der Waals surface area contributed by atoms with Crippen molar-refractivity contribution in [2.24, 2.45) is 4.99 Å². The van der Waals surface area contributed by atoms with E-state index in [4.69, 9.17) is 14.2 Å². The van der Waals surface area contributed by atoms with E-state index in [2.05, 4.69) is 70.6 Å². The Morgan fingerprint density at radius 1 is 1.17 bits per heavy atom. The van der Waals surface area contributed by atoms with Gasteiger partial charge >= 0.3 is 5.97 Å². The number of halogens is 1. The molecule has 0 spiro atoms. The molecule has 5 rings (SSSR count). The van der Waals surface area contributed by atoms with Gasteiger partial charge in [0, 0.05) is 20.7 Å². The topological polar surface area (TPSA) is 82.4 Å². The molecule has 3 aromatic rings. The van der Waals surface area contributed by atoms with Crippen LogP contribution in [0.4, 0.5) is 5.69 Å². The molecule has 10 heteroatoms. The second-order valence-corrected chi connectivity index (χ2v) is 12.1. The number of aryl methyl sites for hydroxylation is 1. The van der Waals surface area contributed by atoms with Gasteiger partial charge in [0.2, 0.25) is 6.79 Å². The molecule has 42 heavy (non-hydrogen) atoms. The van der Waals surface area contributed by atoms with Crippen LogP contribution < -0.4 is 29.3 Å². The normalized spacial score (nSPS) is 16.8. The summed E-state index contributed by atoms with van der Waals surface area (Å²) in [5.41, 5.74) is 5.59. The first kappa shape index (κ1) is 29.8. The van der Waals surface area contributed by atoms with Gasteiger partial charge in [0.1, 0.15) is 0 Å². The fraction of sp³-hybridized carbons (Fsp3) is 0.281. The summed E-state index contributed by atoms with van der Waals surface area (Å²) in [6.07, 6.45) is 5.83. The zero-order valence-electron chi connectivity index (χ0n) is 24.4. The van der Waals surface area contributed by atoms with Crippen LogP contribution in [-0.4, -0.2) is 23.9 Å². The molecule has 0 bridgehead atoms. The largest absolute Gasteiger partial charge is 0.463 e. The summed E-state index contributed by atoms with van der Waals surface area (Å²) in [7, 11) is 0. The zero-order chi connectivity index (χ0) is 30.1. The summed E-state index contributed by atoms with van der Waals surface area (Å²) in [6.45, 7) is 12.0. The van der Waals surface area contributed by atoms with Gasteiger partial charge in [0.05, 0.1) is 28.5 Å². The summed E-state index contributed by atoms with van der Waals surface area (Å²) in [6, 6.07) is 11.1. The molecule has 2 aliphatic heterocycles. The molecule has 8 nitrogen and oxygen atoms in total. The highest BCUT2D eigenvalue weighted by Crippen LogP contribution is 2.38. The molecule has 0 aliphatic carbocycles. The van der Waals surface area contributed by atoms with Crippen LogP contribution in [0.15, 0.2) is 81.0 Å². The van der Waals surface area contributed by atoms with Gasteiger partial charge in [-0.25, -0.2) is 9.79 Å². The Hall–Kier alpha value is -3.64. The fourth-order valence-corrected chi connectivity index (χ4v) is 6.50. The van der Waals surface area contributed by atoms with E-state index in [1.54, 1.807) is 24.5 Å². The molecular weight excluding hydrogens is 665 g/mol. The first-order chi connectivity index (χ1) is 20.1. The number of anilines is 1. The molecule has 2 aliphatic rings. The minimum Gasteiger partial charge on any atom is -0.463 e. The van der Waals surface area contributed by atoms with Crippen LogP contribution >= 0.6 is 33.9 Å². The molecule has 0 fully saturated rings. The molecule has 1 aromatic heterocycles. The molecule has 2 aromatic carbocycles. The lowest BCUT2D eigenvalue weighted by atomic mass is 9.95. The molecule has 3 heterocycles. The maximum atomic E-state index is 14.0. The Balaban J connectivity index is 1.63. The highest BCUT2D eigenvalue weighted by Gasteiger charge is 2.34. The average molecular weight is 698 g/mol. The van der Waals surface area contributed by atoms with Gasteiger partial charge in [-0.15, -0.1) is 0 Å². The summed E-state index contributed by atoms with van der Waals surface area (Å²) in [4.78, 5) is 34.5. The first-order valence-corrected chi connectivity index (χ1v) is 15.5. The Morgan fingerprint density at radius 2 is 1.93 bits per heavy atom. The van der Waals surface area contributed by atoms with Gasteiger partial charge in [-0.05, 0) is 112 Å². The molecular formula is C32H32IN3O5S. The van der Waals surface area contributed by atoms with E-state index < -0.39 is 12.0 Å².